The maximum atomic E-state index is 13.7. The normalized spacial score (nSPS) is 33.3. The van der Waals surface area contributed by atoms with Gasteiger partial charge >= 0.3 is 35.8 Å². The third-order valence-electron chi connectivity index (χ3n) is 9.14. The lowest BCUT2D eigenvalue weighted by molar-refractivity contribution is -0.194. The molecule has 1 fully saturated rings. The monoisotopic (exact) mass is 716 g/mol. The van der Waals surface area contributed by atoms with Crippen molar-refractivity contribution in [3.63, 3.8) is 0 Å². The summed E-state index contributed by atoms with van der Waals surface area (Å²) >= 11 is 0. The van der Waals surface area contributed by atoms with Crippen molar-refractivity contribution in [3.8, 4) is 0 Å². The van der Waals surface area contributed by atoms with Crippen molar-refractivity contribution < 1.29 is 67.4 Å². The Morgan fingerprint density at radius 3 is 1.75 bits per heavy atom. The highest BCUT2D eigenvalue weighted by atomic mass is 16.6. The second kappa shape index (κ2) is 15.8. The molecule has 1 unspecified atom stereocenters. The highest BCUT2D eigenvalue weighted by Crippen LogP contribution is 2.54. The van der Waals surface area contributed by atoms with E-state index in [1.165, 1.54) is 19.1 Å². The van der Waals surface area contributed by atoms with Crippen LogP contribution in [0.4, 0.5) is 0 Å². The molecular formula is C37H48O14. The average Bonchev–Trinajstić information content (AvgIpc) is 3.22. The van der Waals surface area contributed by atoms with Crippen LogP contribution in [-0.2, 0) is 52.4 Å². The van der Waals surface area contributed by atoms with Crippen LogP contribution in [0.1, 0.15) is 79.1 Å². The van der Waals surface area contributed by atoms with Crippen molar-refractivity contribution in [1.29, 1.82) is 0 Å². The van der Waals surface area contributed by atoms with Crippen LogP contribution in [0.25, 0.3) is 0 Å². The van der Waals surface area contributed by atoms with Crippen molar-refractivity contribution >= 4 is 35.8 Å². The fourth-order valence-electron chi connectivity index (χ4n) is 7.21. The van der Waals surface area contributed by atoms with E-state index >= 15 is 0 Å². The summed E-state index contributed by atoms with van der Waals surface area (Å²) in [5.41, 5.74) is -5.68. The van der Waals surface area contributed by atoms with Gasteiger partial charge in [-0.05, 0) is 19.1 Å². The number of aliphatic hydroxyl groups is 2. The molecule has 0 heterocycles. The van der Waals surface area contributed by atoms with E-state index in [2.05, 4.69) is 6.58 Å². The number of esters is 6. The summed E-state index contributed by atoms with van der Waals surface area (Å²) in [5.74, 6) is -7.72. The molecule has 14 heteroatoms. The van der Waals surface area contributed by atoms with Gasteiger partial charge in [0.15, 0.2) is 12.2 Å². The highest BCUT2D eigenvalue weighted by Gasteiger charge is 2.70. The second-order valence-corrected chi connectivity index (χ2v) is 14.0. The summed E-state index contributed by atoms with van der Waals surface area (Å²) in [5, 5.41) is 25.0. The summed E-state index contributed by atoms with van der Waals surface area (Å²) in [6.45, 7) is 15.8. The Labute approximate surface area is 297 Å². The molecule has 0 bridgehead atoms. The van der Waals surface area contributed by atoms with Gasteiger partial charge in [-0.2, -0.15) is 0 Å². The molecule has 0 aromatic heterocycles. The van der Waals surface area contributed by atoms with Crippen molar-refractivity contribution in [2.75, 3.05) is 0 Å². The van der Waals surface area contributed by atoms with Crippen molar-refractivity contribution in [1.82, 2.24) is 0 Å². The standard InChI is InChI=1S/C37H48O14/c1-19-16-17-35(8,9)33(49-24(6)41)28(43)30(47-22(4)39)20(2)29(46-21(3)38)27-32(50-34(44)26-14-12-11-13-15-26)36(10,51-25(7)42)18-37(27,45)31(19)48-23(5)40/h11-17,19,27-33,43,45H,2,18H2,1,3-10H3/t19-,27?,28+,29-,30-,31-,32+,33+,36+,37+/m0/s1. The lowest BCUT2D eigenvalue weighted by atomic mass is 9.71. The minimum absolute atomic E-state index is 0.0848. The first-order chi connectivity index (χ1) is 23.5. The van der Waals surface area contributed by atoms with Gasteiger partial charge in [-0.15, -0.1) is 0 Å². The first kappa shape index (κ1) is 40.9. The third kappa shape index (κ3) is 9.22. The van der Waals surface area contributed by atoms with Crippen molar-refractivity contribution in [2.45, 2.75) is 117 Å². The van der Waals surface area contributed by atoms with Crippen molar-refractivity contribution in [3.05, 3.63) is 60.2 Å². The van der Waals surface area contributed by atoms with Gasteiger partial charge in [0.2, 0.25) is 0 Å². The molecule has 0 saturated heterocycles. The molecule has 1 aromatic carbocycles. The molecule has 0 spiro atoms. The predicted octanol–water partition coefficient (Wildman–Crippen LogP) is 3.16. The predicted molar refractivity (Wildman–Crippen MR) is 178 cm³/mol. The summed E-state index contributed by atoms with van der Waals surface area (Å²) in [7, 11) is 0. The van der Waals surface area contributed by atoms with Crippen LogP contribution >= 0.6 is 0 Å². The number of ether oxygens (including phenoxy) is 6. The Morgan fingerprint density at radius 2 is 1.24 bits per heavy atom. The maximum Gasteiger partial charge on any atom is 0.338 e. The summed E-state index contributed by atoms with van der Waals surface area (Å²) < 4.78 is 34.6. The average molecular weight is 717 g/mol. The van der Waals surface area contributed by atoms with E-state index in [1.807, 2.05) is 0 Å². The van der Waals surface area contributed by atoms with Gasteiger partial charge < -0.3 is 38.6 Å². The van der Waals surface area contributed by atoms with Crippen LogP contribution < -0.4 is 0 Å². The summed E-state index contributed by atoms with van der Waals surface area (Å²) in [6.07, 6.45) is -7.38. The molecule has 3 rings (SSSR count). The number of hydrogen-bond donors (Lipinski definition) is 2. The zero-order valence-electron chi connectivity index (χ0n) is 30.4. The summed E-state index contributed by atoms with van der Waals surface area (Å²) in [4.78, 5) is 76.9. The third-order valence-corrected chi connectivity index (χ3v) is 9.14. The molecule has 0 radical (unpaired) electrons. The Bertz CT molecular complexity index is 1550. The molecule has 0 aliphatic heterocycles. The van der Waals surface area contributed by atoms with E-state index in [4.69, 9.17) is 28.4 Å². The molecule has 0 amide bonds. The molecule has 2 aliphatic carbocycles. The largest absolute Gasteiger partial charge is 0.459 e. The Hall–Kier alpha value is -4.56. The van der Waals surface area contributed by atoms with Crippen LogP contribution in [0.3, 0.4) is 0 Å². The molecule has 2 N–H and O–H groups in total. The quantitative estimate of drug-likeness (QED) is 0.237. The number of carbonyl (C=O) groups excluding carboxylic acids is 6. The Morgan fingerprint density at radius 1 is 0.725 bits per heavy atom. The van der Waals surface area contributed by atoms with E-state index in [-0.39, 0.29) is 11.1 Å². The fraction of sp³-hybridized carbons (Fsp3) is 0.568. The first-order valence-corrected chi connectivity index (χ1v) is 16.5. The van der Waals surface area contributed by atoms with Crippen molar-refractivity contribution in [2.24, 2.45) is 17.3 Å². The van der Waals surface area contributed by atoms with E-state index < -0.39 is 107 Å². The van der Waals surface area contributed by atoms with Gasteiger partial charge in [-0.1, -0.05) is 57.7 Å². The molecule has 14 nitrogen and oxygen atoms in total. The van der Waals surface area contributed by atoms with Crippen LogP contribution in [0.5, 0.6) is 0 Å². The highest BCUT2D eigenvalue weighted by molar-refractivity contribution is 5.89. The van der Waals surface area contributed by atoms with Crippen LogP contribution in [0.15, 0.2) is 54.6 Å². The smallest absolute Gasteiger partial charge is 0.338 e. The van der Waals surface area contributed by atoms with Gasteiger partial charge in [-0.3, -0.25) is 24.0 Å². The molecule has 280 valence electrons. The van der Waals surface area contributed by atoms with Gasteiger partial charge in [0.05, 0.1) is 11.5 Å². The SMILES string of the molecule is C=C1[C@H](OC(C)=O)C2[C@@H](OC(=O)c3ccccc3)[C@](C)(OC(C)=O)C[C@]2(O)[C@@H](OC(C)=O)[C@@H](C)C=CC(C)(C)[C@H](OC(C)=O)[C@H](O)[C@H]1OC(C)=O. The lowest BCUT2D eigenvalue weighted by Crippen LogP contribution is -2.59. The van der Waals surface area contributed by atoms with E-state index in [0.29, 0.717) is 0 Å². The van der Waals surface area contributed by atoms with E-state index in [0.717, 1.165) is 34.6 Å². The zero-order valence-corrected chi connectivity index (χ0v) is 30.4. The van der Waals surface area contributed by atoms with E-state index in [1.54, 1.807) is 51.1 Å². The van der Waals surface area contributed by atoms with Gasteiger partial charge in [-0.25, -0.2) is 4.79 Å². The minimum Gasteiger partial charge on any atom is -0.459 e. The van der Waals surface area contributed by atoms with Crippen LogP contribution in [0.2, 0.25) is 0 Å². The van der Waals surface area contributed by atoms with Crippen LogP contribution in [0, 0.1) is 17.3 Å². The molecule has 51 heavy (non-hydrogen) atoms. The van der Waals surface area contributed by atoms with Gasteiger partial charge in [0.25, 0.3) is 0 Å². The van der Waals surface area contributed by atoms with Gasteiger partial charge in [0.1, 0.15) is 35.6 Å². The second-order valence-electron chi connectivity index (χ2n) is 14.0. The maximum absolute atomic E-state index is 13.7. The number of aliphatic hydroxyl groups excluding tert-OH is 1. The van der Waals surface area contributed by atoms with Crippen LogP contribution in [-0.4, -0.2) is 93.9 Å². The first-order valence-electron chi connectivity index (χ1n) is 16.5. The molecule has 1 aromatic rings. The number of hydrogen-bond acceptors (Lipinski definition) is 14. The number of fused-ring (bicyclic) bond motifs is 1. The lowest BCUT2D eigenvalue weighted by Gasteiger charge is -2.45. The molecule has 1 saturated carbocycles. The zero-order chi connectivity index (χ0) is 38.6. The van der Waals surface area contributed by atoms with Gasteiger partial charge in [0, 0.05) is 57.9 Å². The number of benzene rings is 1. The molecule has 2 aliphatic rings. The Balaban J connectivity index is 2.49. The number of rotatable bonds is 7. The summed E-state index contributed by atoms with van der Waals surface area (Å²) in [6, 6.07) is 7.78. The number of carbonyl (C=O) groups is 6. The fourth-order valence-corrected chi connectivity index (χ4v) is 7.21. The topological polar surface area (TPSA) is 198 Å². The van der Waals surface area contributed by atoms with E-state index in [9.17, 15) is 39.0 Å². The minimum atomic E-state index is -2.35. The Kier molecular flexibility index (Phi) is 12.6. The molecular weight excluding hydrogens is 668 g/mol. The molecule has 10 atom stereocenters.